The van der Waals surface area contributed by atoms with Gasteiger partial charge in [-0.1, -0.05) is 0 Å². The first-order valence-corrected chi connectivity index (χ1v) is 10.6. The van der Waals surface area contributed by atoms with Gasteiger partial charge in [-0.25, -0.2) is 4.79 Å². The molecule has 0 atom stereocenters. The Bertz CT molecular complexity index is 1260. The summed E-state index contributed by atoms with van der Waals surface area (Å²) in [5, 5.41) is 0.983. The highest BCUT2D eigenvalue weighted by Crippen LogP contribution is 2.47. The minimum absolute atomic E-state index is 0.434. The topological polar surface area (TPSA) is 66.9 Å². The van der Waals surface area contributed by atoms with Gasteiger partial charge in [0.05, 0.1) is 38.1 Å². The quantitative estimate of drug-likeness (QED) is 0.257. The summed E-state index contributed by atoms with van der Waals surface area (Å²) in [4.78, 5) is 16.6. The molecule has 4 rings (SSSR count). The first kappa shape index (κ1) is 21.4. The lowest BCUT2D eigenvalue weighted by atomic mass is 10.1. The Morgan fingerprint density at radius 3 is 2.28 bits per heavy atom. The molecule has 0 fully saturated rings. The molecule has 0 N–H and O–H groups in total. The average Bonchev–Trinajstić information content (AvgIpc) is 3.20. The molecule has 0 amide bonds. The van der Waals surface area contributed by atoms with Gasteiger partial charge in [0.25, 0.3) is 0 Å². The zero-order valence-corrected chi connectivity index (χ0v) is 18.6. The lowest BCUT2D eigenvalue weighted by Crippen LogP contribution is -1.94. The van der Waals surface area contributed by atoms with Gasteiger partial charge in [0.15, 0.2) is 5.75 Å². The molecule has 0 radical (unpaired) electrons. The van der Waals surface area contributed by atoms with Crippen molar-refractivity contribution in [1.82, 2.24) is 4.98 Å². The van der Waals surface area contributed by atoms with E-state index in [9.17, 15) is 4.79 Å². The highest BCUT2D eigenvalue weighted by atomic mass is 32.1. The Labute approximate surface area is 189 Å². The molecule has 2 aromatic heterocycles. The fourth-order valence-electron chi connectivity index (χ4n) is 3.10. The van der Waals surface area contributed by atoms with Crippen LogP contribution >= 0.6 is 11.3 Å². The van der Waals surface area contributed by atoms with Crippen LogP contribution in [-0.4, -0.2) is 32.3 Å². The third-order valence-corrected chi connectivity index (χ3v) is 5.96. The lowest BCUT2D eigenvalue weighted by Gasteiger charge is -2.09. The summed E-state index contributed by atoms with van der Waals surface area (Å²) < 4.78 is 22.6. The molecule has 2 heterocycles. The van der Waals surface area contributed by atoms with Gasteiger partial charge in [0.2, 0.25) is 0 Å². The molecule has 0 spiro atoms. The molecule has 0 saturated heterocycles. The molecule has 0 bridgehead atoms. The van der Waals surface area contributed by atoms with Crippen molar-refractivity contribution in [3.8, 4) is 33.4 Å². The smallest absolute Gasteiger partial charge is 0.330 e. The SMILES string of the molecule is COC(=O)/C=C/c1ccc(Oc2c(-c3ccc(OC)cc3)sc3cc(OC)ccc23)cn1. The van der Waals surface area contributed by atoms with Crippen molar-refractivity contribution in [3.63, 3.8) is 0 Å². The van der Waals surface area contributed by atoms with E-state index in [-0.39, 0.29) is 0 Å². The third-order valence-electron chi connectivity index (χ3n) is 4.77. The fraction of sp³-hybridized carbons (Fsp3) is 0.120. The van der Waals surface area contributed by atoms with Crippen molar-refractivity contribution in [3.05, 3.63) is 72.6 Å². The van der Waals surface area contributed by atoms with Crippen LogP contribution < -0.4 is 14.2 Å². The van der Waals surface area contributed by atoms with Crippen LogP contribution in [0.1, 0.15) is 5.69 Å². The van der Waals surface area contributed by atoms with Gasteiger partial charge in [-0.05, 0) is 66.2 Å². The second-order valence-electron chi connectivity index (χ2n) is 6.73. The number of fused-ring (bicyclic) bond motifs is 1. The van der Waals surface area contributed by atoms with E-state index in [0.717, 1.165) is 37.8 Å². The van der Waals surface area contributed by atoms with Crippen molar-refractivity contribution in [2.24, 2.45) is 0 Å². The molecular formula is C25H21NO5S. The molecule has 162 valence electrons. The number of hydrogen-bond donors (Lipinski definition) is 0. The summed E-state index contributed by atoms with van der Waals surface area (Å²) in [6.07, 6.45) is 4.54. The predicted molar refractivity (Wildman–Crippen MR) is 126 cm³/mol. The summed E-state index contributed by atoms with van der Waals surface area (Å²) in [7, 11) is 4.63. The van der Waals surface area contributed by atoms with Crippen molar-refractivity contribution >= 4 is 33.5 Å². The summed E-state index contributed by atoms with van der Waals surface area (Å²) in [6, 6.07) is 17.4. The minimum Gasteiger partial charge on any atom is -0.497 e. The van der Waals surface area contributed by atoms with Crippen molar-refractivity contribution < 1.29 is 23.7 Å². The van der Waals surface area contributed by atoms with E-state index in [1.807, 2.05) is 48.5 Å². The maximum atomic E-state index is 11.3. The van der Waals surface area contributed by atoms with Gasteiger partial charge in [0, 0.05) is 16.2 Å². The van der Waals surface area contributed by atoms with Crippen LogP contribution in [-0.2, 0) is 9.53 Å². The highest BCUT2D eigenvalue weighted by molar-refractivity contribution is 7.22. The Morgan fingerprint density at radius 1 is 0.906 bits per heavy atom. The molecule has 7 heteroatoms. The Kier molecular flexibility index (Phi) is 6.37. The summed E-state index contributed by atoms with van der Waals surface area (Å²) >= 11 is 1.63. The number of methoxy groups -OCH3 is 3. The van der Waals surface area contributed by atoms with Crippen LogP contribution in [0.5, 0.6) is 23.0 Å². The number of aromatic nitrogens is 1. The highest BCUT2D eigenvalue weighted by Gasteiger charge is 2.17. The van der Waals surface area contributed by atoms with E-state index >= 15 is 0 Å². The van der Waals surface area contributed by atoms with E-state index in [1.54, 1.807) is 43.9 Å². The normalized spacial score (nSPS) is 11.0. The molecular weight excluding hydrogens is 426 g/mol. The summed E-state index contributed by atoms with van der Waals surface area (Å²) in [5.74, 6) is 2.48. The van der Waals surface area contributed by atoms with Gasteiger partial charge < -0.3 is 18.9 Å². The van der Waals surface area contributed by atoms with Gasteiger partial charge in [-0.15, -0.1) is 11.3 Å². The molecule has 0 unspecified atom stereocenters. The Balaban J connectivity index is 1.71. The maximum absolute atomic E-state index is 11.3. The molecule has 6 nitrogen and oxygen atoms in total. The standard InChI is InChI=1S/C25H21NO5S/c1-28-18-8-4-16(5-9-18)25-24(21-12-11-19(29-2)14-22(21)32-25)31-20-10-6-17(26-15-20)7-13-23(27)30-3/h4-15H,1-3H3/b13-7+. The number of pyridine rings is 1. The average molecular weight is 448 g/mol. The Morgan fingerprint density at radius 2 is 1.62 bits per heavy atom. The number of rotatable bonds is 7. The molecule has 2 aromatic carbocycles. The number of thiophene rings is 1. The van der Waals surface area contributed by atoms with Gasteiger partial charge in [-0.2, -0.15) is 0 Å². The van der Waals surface area contributed by atoms with Crippen LogP contribution in [0.2, 0.25) is 0 Å². The van der Waals surface area contributed by atoms with Crippen LogP contribution in [0.3, 0.4) is 0 Å². The first-order chi connectivity index (χ1) is 15.6. The van der Waals surface area contributed by atoms with Crippen molar-refractivity contribution in [2.75, 3.05) is 21.3 Å². The molecule has 4 aromatic rings. The largest absolute Gasteiger partial charge is 0.497 e. The molecule has 0 aliphatic heterocycles. The zero-order valence-electron chi connectivity index (χ0n) is 17.8. The monoisotopic (exact) mass is 447 g/mol. The van der Waals surface area contributed by atoms with E-state index < -0.39 is 5.97 Å². The number of ether oxygens (including phenoxy) is 4. The number of hydrogen-bond acceptors (Lipinski definition) is 7. The predicted octanol–water partition coefficient (Wildman–Crippen LogP) is 5.96. The number of carbonyl (C=O) groups excluding carboxylic acids is 1. The fourth-order valence-corrected chi connectivity index (χ4v) is 4.27. The van der Waals surface area contributed by atoms with E-state index in [0.29, 0.717) is 11.4 Å². The van der Waals surface area contributed by atoms with Crippen molar-refractivity contribution in [2.45, 2.75) is 0 Å². The van der Waals surface area contributed by atoms with Crippen molar-refractivity contribution in [1.29, 1.82) is 0 Å². The lowest BCUT2D eigenvalue weighted by molar-refractivity contribution is -0.134. The van der Waals surface area contributed by atoms with Crippen LogP contribution in [0.4, 0.5) is 0 Å². The van der Waals surface area contributed by atoms with E-state index in [2.05, 4.69) is 9.72 Å². The van der Waals surface area contributed by atoms with Gasteiger partial charge >= 0.3 is 5.97 Å². The van der Waals surface area contributed by atoms with E-state index in [1.165, 1.54) is 13.2 Å². The van der Waals surface area contributed by atoms with Crippen LogP contribution in [0.25, 0.3) is 26.6 Å². The maximum Gasteiger partial charge on any atom is 0.330 e. The van der Waals surface area contributed by atoms with Crippen LogP contribution in [0.15, 0.2) is 66.9 Å². The number of carbonyl (C=O) groups is 1. The third kappa shape index (κ3) is 4.58. The Hall–Kier alpha value is -3.84. The number of benzene rings is 2. The number of esters is 1. The second-order valence-corrected chi connectivity index (χ2v) is 7.78. The number of nitrogens with zero attached hydrogens (tertiary/aromatic N) is 1. The van der Waals surface area contributed by atoms with E-state index in [4.69, 9.17) is 14.2 Å². The first-order valence-electron chi connectivity index (χ1n) is 9.76. The van der Waals surface area contributed by atoms with Gasteiger partial charge in [-0.3, -0.25) is 4.98 Å². The van der Waals surface area contributed by atoms with Gasteiger partial charge in [0.1, 0.15) is 17.2 Å². The molecule has 0 aliphatic carbocycles. The molecule has 32 heavy (non-hydrogen) atoms. The summed E-state index contributed by atoms with van der Waals surface area (Å²) in [5.41, 5.74) is 1.64. The zero-order chi connectivity index (χ0) is 22.5. The summed E-state index contributed by atoms with van der Waals surface area (Å²) in [6.45, 7) is 0. The molecule has 0 aliphatic rings. The minimum atomic E-state index is -0.434. The molecule has 0 saturated carbocycles. The van der Waals surface area contributed by atoms with Crippen LogP contribution in [0, 0.1) is 0 Å². The second kappa shape index (κ2) is 9.53.